The number of piperidine rings is 1. The Labute approximate surface area is 440 Å². The molecule has 0 bridgehead atoms. The molecule has 0 aliphatic carbocycles. The molecule has 1 aromatic rings. The van der Waals surface area contributed by atoms with E-state index in [1.807, 2.05) is 45.9 Å². The molecule has 7 amide bonds. The van der Waals surface area contributed by atoms with Crippen molar-refractivity contribution in [2.24, 2.45) is 29.4 Å². The number of amides is 7. The average molecular weight is 1040 g/mol. The van der Waals surface area contributed by atoms with Crippen molar-refractivity contribution < 1.29 is 52.6 Å². The Hall–Kier alpha value is -5.18. The first-order valence-electron chi connectivity index (χ1n) is 26.9. The lowest BCUT2D eigenvalue weighted by molar-refractivity contribution is -0.147. The van der Waals surface area contributed by atoms with E-state index in [1.165, 1.54) is 21.1 Å². The molecule has 0 aromatic heterocycles. The van der Waals surface area contributed by atoms with E-state index >= 15 is 0 Å². The molecule has 1 aliphatic heterocycles. The minimum Gasteiger partial charge on any atom is -0.467 e. The molecule has 0 spiro atoms. The first kappa shape index (κ1) is 64.9. The molecular formula is C54H93N9O11. The number of hydrogen-bond donors (Lipinski definition) is 9. The minimum atomic E-state index is -1.14. The van der Waals surface area contributed by atoms with Crippen LogP contribution in [-0.4, -0.2) is 136 Å². The van der Waals surface area contributed by atoms with Crippen LogP contribution in [0.4, 0.5) is 0 Å². The van der Waals surface area contributed by atoms with Gasteiger partial charge in [-0.3, -0.25) is 38.9 Å². The molecule has 20 heteroatoms. The van der Waals surface area contributed by atoms with Gasteiger partial charge in [-0.15, -0.1) is 0 Å². The highest BCUT2D eigenvalue weighted by Crippen LogP contribution is 2.21. The first-order valence-corrected chi connectivity index (χ1v) is 26.9. The zero-order valence-corrected chi connectivity index (χ0v) is 46.3. The van der Waals surface area contributed by atoms with Crippen molar-refractivity contribution in [2.75, 3.05) is 34.4 Å². The Balaban J connectivity index is 1.95. The molecule has 1 aliphatic rings. The number of carbonyl (C=O) groups is 8. The van der Waals surface area contributed by atoms with Gasteiger partial charge in [-0.1, -0.05) is 104 Å². The third kappa shape index (κ3) is 24.0. The molecule has 5 unspecified atom stereocenters. The van der Waals surface area contributed by atoms with Gasteiger partial charge in [0, 0.05) is 27.2 Å². The largest absolute Gasteiger partial charge is 0.467 e. The van der Waals surface area contributed by atoms with E-state index in [0.29, 0.717) is 38.6 Å². The Bertz CT molecular complexity index is 1890. The lowest BCUT2D eigenvalue weighted by Crippen LogP contribution is -2.60. The predicted molar refractivity (Wildman–Crippen MR) is 284 cm³/mol. The Morgan fingerprint density at radius 1 is 0.662 bits per heavy atom. The van der Waals surface area contributed by atoms with Crippen LogP contribution in [0.15, 0.2) is 30.3 Å². The van der Waals surface area contributed by atoms with Gasteiger partial charge in [0.15, 0.2) is 0 Å². The summed E-state index contributed by atoms with van der Waals surface area (Å²) < 4.78 is 16.3. The summed E-state index contributed by atoms with van der Waals surface area (Å²) >= 11 is 0. The van der Waals surface area contributed by atoms with Crippen molar-refractivity contribution in [1.29, 1.82) is 0 Å². The SMILES string of the molecule is CC[C@H](C)[C@H](NC(=O)[C@@H](NC(=O)CC(CC(C)CC(CC(=O)NCCCCCC(N)C(=O)NC1CCCCN1)OC)OC)C(C)C)C(=O)N[C@@H](C)C(=O)N[C@H](Cc1ccccc1)C(=O)N[C@H](C(=O)OC)[C@@H](C)CC. The van der Waals surface area contributed by atoms with Crippen LogP contribution in [0.2, 0.25) is 0 Å². The van der Waals surface area contributed by atoms with E-state index in [1.54, 1.807) is 40.0 Å². The molecule has 20 nitrogen and oxygen atoms in total. The Morgan fingerprint density at radius 3 is 1.82 bits per heavy atom. The maximum absolute atomic E-state index is 13.9. The molecule has 74 heavy (non-hydrogen) atoms. The van der Waals surface area contributed by atoms with Crippen molar-refractivity contribution in [3.8, 4) is 0 Å². The summed E-state index contributed by atoms with van der Waals surface area (Å²) in [5.74, 6) is -4.76. The number of ether oxygens (including phenoxy) is 3. The number of benzene rings is 1. The molecule has 0 saturated carbocycles. The van der Waals surface area contributed by atoms with Crippen molar-refractivity contribution in [1.82, 2.24) is 42.5 Å². The highest BCUT2D eigenvalue weighted by molar-refractivity contribution is 5.96. The van der Waals surface area contributed by atoms with Gasteiger partial charge in [0.1, 0.15) is 30.2 Å². The smallest absolute Gasteiger partial charge is 0.328 e. The number of methoxy groups -OCH3 is 3. The third-order valence-corrected chi connectivity index (χ3v) is 14.0. The van der Waals surface area contributed by atoms with Crippen LogP contribution in [-0.2, 0) is 59.0 Å². The van der Waals surface area contributed by atoms with Gasteiger partial charge in [-0.25, -0.2) is 4.79 Å². The van der Waals surface area contributed by atoms with Gasteiger partial charge in [0.05, 0.1) is 44.4 Å². The lowest BCUT2D eigenvalue weighted by atomic mass is 9.93. The second kappa shape index (κ2) is 35.1. The highest BCUT2D eigenvalue weighted by atomic mass is 16.5. The second-order valence-corrected chi connectivity index (χ2v) is 20.6. The first-order chi connectivity index (χ1) is 35.2. The molecule has 1 heterocycles. The Kier molecular flexibility index (Phi) is 30.8. The highest BCUT2D eigenvalue weighted by Gasteiger charge is 2.35. The fourth-order valence-corrected chi connectivity index (χ4v) is 8.77. The monoisotopic (exact) mass is 1040 g/mol. The summed E-state index contributed by atoms with van der Waals surface area (Å²) in [4.78, 5) is 107. The topological polar surface area (TPSA) is 287 Å². The third-order valence-electron chi connectivity index (χ3n) is 14.0. The van der Waals surface area contributed by atoms with Crippen molar-refractivity contribution >= 4 is 47.3 Å². The van der Waals surface area contributed by atoms with Gasteiger partial charge < -0.3 is 57.2 Å². The number of unbranched alkanes of at least 4 members (excludes halogenated alkanes) is 2. The summed E-state index contributed by atoms with van der Waals surface area (Å²) in [6, 6.07) is 3.19. The minimum absolute atomic E-state index is 0.00437. The van der Waals surface area contributed by atoms with Crippen molar-refractivity contribution in [3.05, 3.63) is 35.9 Å². The lowest BCUT2D eigenvalue weighted by Gasteiger charge is -2.29. The maximum atomic E-state index is 13.9. The summed E-state index contributed by atoms with van der Waals surface area (Å²) in [6.45, 7) is 15.8. The van der Waals surface area contributed by atoms with E-state index in [9.17, 15) is 38.4 Å². The second-order valence-electron chi connectivity index (χ2n) is 20.6. The number of nitrogens with one attached hydrogen (secondary N) is 8. The molecule has 1 aromatic carbocycles. The average Bonchev–Trinajstić information content (AvgIpc) is 3.38. The number of hydrogen-bond acceptors (Lipinski definition) is 13. The van der Waals surface area contributed by atoms with Crippen LogP contribution in [0.5, 0.6) is 0 Å². The molecular weight excluding hydrogens is 951 g/mol. The van der Waals surface area contributed by atoms with Crippen LogP contribution < -0.4 is 48.3 Å². The van der Waals surface area contributed by atoms with E-state index in [-0.39, 0.29) is 67.0 Å². The molecule has 12 atom stereocenters. The quantitative estimate of drug-likeness (QED) is 0.0350. The molecule has 1 saturated heterocycles. The fraction of sp³-hybridized carbons (Fsp3) is 0.741. The zero-order chi connectivity index (χ0) is 55.3. The van der Waals surface area contributed by atoms with Crippen molar-refractivity contribution in [3.63, 3.8) is 0 Å². The van der Waals surface area contributed by atoms with Gasteiger partial charge in [0.25, 0.3) is 0 Å². The molecule has 10 N–H and O–H groups in total. The van der Waals surface area contributed by atoms with Crippen LogP contribution in [0.3, 0.4) is 0 Å². The van der Waals surface area contributed by atoms with Crippen LogP contribution in [0.1, 0.15) is 144 Å². The molecule has 2 rings (SSSR count). The maximum Gasteiger partial charge on any atom is 0.328 e. The van der Waals surface area contributed by atoms with E-state index in [4.69, 9.17) is 19.9 Å². The van der Waals surface area contributed by atoms with Crippen LogP contribution in [0.25, 0.3) is 0 Å². The zero-order valence-electron chi connectivity index (χ0n) is 46.3. The summed E-state index contributed by atoms with van der Waals surface area (Å²) in [5.41, 5.74) is 6.86. The van der Waals surface area contributed by atoms with E-state index in [2.05, 4.69) is 42.5 Å². The predicted octanol–water partition coefficient (Wildman–Crippen LogP) is 3.04. The van der Waals surface area contributed by atoms with Gasteiger partial charge in [0.2, 0.25) is 41.4 Å². The summed E-state index contributed by atoms with van der Waals surface area (Å²) in [6.07, 6.45) is 7.45. The standard InChI is InChI=1S/C54H93N9O11/c1-12-35(6)47(53(70)58-37(8)49(66)59-42(30-38-22-16-14-17-23-38)51(68)63-48(36(7)13-2)54(71)74-11)62-52(69)46(33(3)4)61-45(65)32-40(73-10)29-34(5)28-39(72-9)31-44(64)57-27-20-15-18-24-41(55)50(67)60-43-25-19-21-26-56-43/h14,16-17,22-23,33-37,39-43,46-48,56H,12-13,15,18-21,24-32,55H2,1-11H3,(H,57,64)(H,58,70)(H,59,66)(H,60,67)(H,61,65)(H,62,69)(H,63,68)/t34?,35-,36-,37-,39?,40?,41?,42+,43?,46-,47-,48-/m0/s1. The number of carbonyl (C=O) groups excluding carboxylic acids is 8. The molecule has 0 radical (unpaired) electrons. The molecule has 1 fully saturated rings. The van der Waals surface area contributed by atoms with E-state index < -0.39 is 77.9 Å². The van der Waals surface area contributed by atoms with Crippen LogP contribution >= 0.6 is 0 Å². The number of nitrogens with two attached hydrogens (primary N) is 1. The Morgan fingerprint density at radius 2 is 1.26 bits per heavy atom. The fourth-order valence-electron chi connectivity index (χ4n) is 8.77. The van der Waals surface area contributed by atoms with Gasteiger partial charge in [-0.2, -0.15) is 0 Å². The van der Waals surface area contributed by atoms with Gasteiger partial charge in [-0.05, 0) is 87.6 Å². The summed E-state index contributed by atoms with van der Waals surface area (Å²) in [5, 5.41) is 23.1. The molecule has 420 valence electrons. The number of esters is 1. The number of rotatable bonds is 35. The normalized spacial score (nSPS) is 18.0. The van der Waals surface area contributed by atoms with E-state index in [0.717, 1.165) is 50.6 Å². The van der Waals surface area contributed by atoms with Crippen LogP contribution in [0, 0.1) is 23.7 Å². The van der Waals surface area contributed by atoms with Crippen molar-refractivity contribution in [2.45, 2.75) is 200 Å². The summed E-state index contributed by atoms with van der Waals surface area (Å²) in [7, 11) is 4.31. The van der Waals surface area contributed by atoms with Gasteiger partial charge >= 0.3 is 5.97 Å².